The molecule has 1 aromatic rings. The van der Waals surface area contributed by atoms with E-state index in [1.807, 2.05) is 0 Å². The highest BCUT2D eigenvalue weighted by molar-refractivity contribution is 7.92. The minimum atomic E-state index is -3.47. The normalized spacial score (nSPS) is 11.5. The molecule has 0 fully saturated rings. The molecule has 1 aromatic carbocycles. The number of nitrogens with one attached hydrogen (secondary N) is 1. The summed E-state index contributed by atoms with van der Waals surface area (Å²) in [4.78, 5) is 0. The maximum atomic E-state index is 13.2. The van der Waals surface area contributed by atoms with E-state index in [1.165, 1.54) is 25.1 Å². The van der Waals surface area contributed by atoms with Crippen LogP contribution in [0.25, 0.3) is 0 Å². The summed E-state index contributed by atoms with van der Waals surface area (Å²) < 4.78 is 38.8. The van der Waals surface area contributed by atoms with Crippen molar-refractivity contribution in [3.8, 4) is 0 Å². The molecule has 96 valence electrons. The van der Waals surface area contributed by atoms with Crippen LogP contribution in [0.5, 0.6) is 0 Å². The van der Waals surface area contributed by atoms with Crippen molar-refractivity contribution in [2.75, 3.05) is 17.1 Å². The Morgan fingerprint density at radius 2 is 2.06 bits per heavy atom. The number of halogens is 1. The molecule has 2 N–H and O–H groups in total. The second-order valence-corrected chi connectivity index (χ2v) is 5.61. The van der Waals surface area contributed by atoms with Crippen molar-refractivity contribution in [2.24, 2.45) is 0 Å². The number of anilines is 1. The molecule has 0 spiro atoms. The molecule has 0 saturated heterocycles. The zero-order valence-electron chi connectivity index (χ0n) is 9.61. The third-order valence-electron chi connectivity index (χ3n) is 2.35. The Hall–Kier alpha value is -1.14. The van der Waals surface area contributed by atoms with Gasteiger partial charge in [-0.3, -0.25) is 4.72 Å². The Bertz CT molecular complexity index is 474. The minimum Gasteiger partial charge on any atom is -0.396 e. The lowest BCUT2D eigenvalue weighted by Crippen LogP contribution is -2.17. The van der Waals surface area contributed by atoms with Gasteiger partial charge >= 0.3 is 0 Å². The van der Waals surface area contributed by atoms with Gasteiger partial charge in [0.1, 0.15) is 5.82 Å². The van der Waals surface area contributed by atoms with Crippen LogP contribution in [0.2, 0.25) is 0 Å². The van der Waals surface area contributed by atoms with Gasteiger partial charge in [0.25, 0.3) is 0 Å². The fraction of sp³-hybridized carbons (Fsp3) is 0.455. The lowest BCUT2D eigenvalue weighted by atomic mass is 10.2. The Balaban J connectivity index is 2.73. The zero-order valence-corrected chi connectivity index (χ0v) is 10.4. The second-order valence-electron chi connectivity index (χ2n) is 3.76. The highest BCUT2D eigenvalue weighted by atomic mass is 32.2. The first-order chi connectivity index (χ1) is 7.96. The summed E-state index contributed by atoms with van der Waals surface area (Å²) in [5.74, 6) is -0.524. The smallest absolute Gasteiger partial charge is 0.232 e. The number of hydrogen-bond acceptors (Lipinski definition) is 3. The number of aliphatic hydroxyl groups is 1. The number of sulfonamides is 1. The first kappa shape index (κ1) is 13.9. The number of aliphatic hydroxyl groups excluding tert-OH is 1. The van der Waals surface area contributed by atoms with Gasteiger partial charge in [0, 0.05) is 12.2 Å². The molecule has 0 bridgehead atoms. The van der Waals surface area contributed by atoms with E-state index in [-0.39, 0.29) is 23.6 Å². The van der Waals surface area contributed by atoms with E-state index < -0.39 is 15.8 Å². The lowest BCUT2D eigenvalue weighted by molar-refractivity contribution is 0.287. The highest BCUT2D eigenvalue weighted by Crippen LogP contribution is 2.18. The minimum absolute atomic E-state index is 0.0332. The predicted octanol–water partition coefficient (Wildman–Crippen LogP) is 1.65. The Kier molecular flexibility index (Phi) is 4.89. The zero-order chi connectivity index (χ0) is 12.9. The fourth-order valence-electron chi connectivity index (χ4n) is 1.34. The van der Waals surface area contributed by atoms with E-state index in [0.29, 0.717) is 12.8 Å². The van der Waals surface area contributed by atoms with Gasteiger partial charge < -0.3 is 5.11 Å². The number of unbranched alkanes of at least 4 members (excludes halogenated alkanes) is 1. The van der Waals surface area contributed by atoms with Gasteiger partial charge in [0.15, 0.2) is 0 Å². The molecule has 0 atom stereocenters. The van der Waals surface area contributed by atoms with Gasteiger partial charge in [-0.25, -0.2) is 12.8 Å². The molecule has 0 aromatic heterocycles. The van der Waals surface area contributed by atoms with Crippen LogP contribution in [0.3, 0.4) is 0 Å². The SMILES string of the molecule is Cc1c(F)cccc1NS(=O)(=O)CCCCO. The topological polar surface area (TPSA) is 66.4 Å². The quantitative estimate of drug-likeness (QED) is 0.765. The molecule has 6 heteroatoms. The molecular weight excluding hydrogens is 245 g/mol. The van der Waals surface area contributed by atoms with Gasteiger partial charge in [-0.2, -0.15) is 0 Å². The Labute approximate surface area is 101 Å². The van der Waals surface area contributed by atoms with Crippen LogP contribution in [0.4, 0.5) is 10.1 Å². The maximum absolute atomic E-state index is 13.2. The molecule has 0 amide bonds. The van der Waals surface area contributed by atoms with Crippen molar-refractivity contribution >= 4 is 15.7 Å². The third kappa shape index (κ3) is 4.32. The Morgan fingerprint density at radius 3 is 2.71 bits per heavy atom. The first-order valence-electron chi connectivity index (χ1n) is 5.33. The average Bonchev–Trinajstić information content (AvgIpc) is 2.25. The van der Waals surface area contributed by atoms with Crippen LogP contribution in [-0.2, 0) is 10.0 Å². The van der Waals surface area contributed by atoms with Crippen molar-refractivity contribution in [1.29, 1.82) is 0 Å². The molecule has 17 heavy (non-hydrogen) atoms. The van der Waals surface area contributed by atoms with Crippen LogP contribution in [0, 0.1) is 12.7 Å². The van der Waals surface area contributed by atoms with E-state index in [4.69, 9.17) is 5.11 Å². The standard InChI is InChI=1S/C11H16FNO3S/c1-9-10(12)5-4-6-11(9)13-17(15,16)8-3-2-7-14/h4-6,13-14H,2-3,7-8H2,1H3. The van der Waals surface area contributed by atoms with Gasteiger partial charge in [-0.15, -0.1) is 0 Å². The van der Waals surface area contributed by atoms with Gasteiger partial charge in [-0.05, 0) is 31.9 Å². The molecule has 0 aliphatic rings. The number of hydrogen-bond donors (Lipinski definition) is 2. The van der Waals surface area contributed by atoms with E-state index in [9.17, 15) is 12.8 Å². The fourth-order valence-corrected chi connectivity index (χ4v) is 2.58. The monoisotopic (exact) mass is 261 g/mol. The van der Waals surface area contributed by atoms with Crippen molar-refractivity contribution in [3.05, 3.63) is 29.6 Å². The van der Waals surface area contributed by atoms with Crippen molar-refractivity contribution in [1.82, 2.24) is 0 Å². The predicted molar refractivity (Wildman–Crippen MR) is 64.9 cm³/mol. The summed E-state index contributed by atoms with van der Waals surface area (Å²) in [7, 11) is -3.47. The van der Waals surface area contributed by atoms with Crippen LogP contribution in [0.15, 0.2) is 18.2 Å². The van der Waals surface area contributed by atoms with Crippen LogP contribution in [-0.4, -0.2) is 25.9 Å². The summed E-state index contributed by atoms with van der Waals surface area (Å²) in [5, 5.41) is 8.57. The van der Waals surface area contributed by atoms with Gasteiger partial charge in [0.2, 0.25) is 10.0 Å². The van der Waals surface area contributed by atoms with Crippen molar-refractivity contribution in [3.63, 3.8) is 0 Å². The molecule has 0 saturated carbocycles. The maximum Gasteiger partial charge on any atom is 0.232 e. The Morgan fingerprint density at radius 1 is 1.35 bits per heavy atom. The summed E-state index contributed by atoms with van der Waals surface area (Å²) in [6, 6.07) is 4.24. The molecule has 0 aliphatic heterocycles. The summed E-state index contributed by atoms with van der Waals surface area (Å²) in [6.45, 7) is 1.48. The van der Waals surface area contributed by atoms with E-state index >= 15 is 0 Å². The molecular formula is C11H16FNO3S. The highest BCUT2D eigenvalue weighted by Gasteiger charge is 2.12. The summed E-state index contributed by atoms with van der Waals surface area (Å²) >= 11 is 0. The molecule has 0 heterocycles. The van der Waals surface area contributed by atoms with Crippen LogP contribution in [0.1, 0.15) is 18.4 Å². The molecule has 1 rings (SSSR count). The van der Waals surface area contributed by atoms with Crippen molar-refractivity contribution in [2.45, 2.75) is 19.8 Å². The van der Waals surface area contributed by atoms with Crippen LogP contribution >= 0.6 is 0 Å². The van der Waals surface area contributed by atoms with Crippen molar-refractivity contribution < 1.29 is 17.9 Å². The second kappa shape index (κ2) is 5.97. The number of benzene rings is 1. The molecule has 4 nitrogen and oxygen atoms in total. The van der Waals surface area contributed by atoms with E-state index in [1.54, 1.807) is 0 Å². The summed E-state index contributed by atoms with van der Waals surface area (Å²) in [6.07, 6.45) is 0.809. The first-order valence-corrected chi connectivity index (χ1v) is 6.98. The summed E-state index contributed by atoms with van der Waals surface area (Å²) in [5.41, 5.74) is 0.534. The van der Waals surface area contributed by atoms with Crippen LogP contribution < -0.4 is 4.72 Å². The third-order valence-corrected chi connectivity index (χ3v) is 3.71. The van der Waals surface area contributed by atoms with E-state index in [2.05, 4.69) is 4.72 Å². The lowest BCUT2D eigenvalue weighted by Gasteiger charge is -2.10. The number of rotatable bonds is 6. The average molecular weight is 261 g/mol. The molecule has 0 unspecified atom stereocenters. The van der Waals surface area contributed by atoms with Gasteiger partial charge in [-0.1, -0.05) is 6.07 Å². The molecule has 0 aliphatic carbocycles. The molecule has 0 radical (unpaired) electrons. The largest absolute Gasteiger partial charge is 0.396 e. The van der Waals surface area contributed by atoms with Gasteiger partial charge in [0.05, 0.1) is 11.4 Å². The van der Waals surface area contributed by atoms with E-state index in [0.717, 1.165) is 0 Å².